The van der Waals surface area contributed by atoms with Crippen LogP contribution in [0.3, 0.4) is 0 Å². The Bertz CT molecular complexity index is 609. The highest BCUT2D eigenvalue weighted by atomic mass is 16.3. The van der Waals surface area contributed by atoms with Gasteiger partial charge in [0.25, 0.3) is 0 Å². The molecule has 1 nitrogen and oxygen atoms in total. The van der Waals surface area contributed by atoms with Crippen molar-refractivity contribution in [3.05, 3.63) is 70.3 Å². The number of hydrogen-bond donors (Lipinski definition) is 1. The fourth-order valence-corrected chi connectivity index (χ4v) is 3.66. The standard InChI is InChI=1S/C20H24O/c1-14-7-5-8-15(2)19(14)13-17-11-6-10-16-9-3-4-12-18(16)20(17)21/h3-5,7-9,12,17,20-21H,6,10-11,13H2,1-2H3. The third-order valence-corrected chi connectivity index (χ3v) is 4.95. The minimum atomic E-state index is -0.331. The molecular formula is C20H24O. The van der Waals surface area contributed by atoms with E-state index in [1.807, 2.05) is 6.07 Å². The van der Waals surface area contributed by atoms with Gasteiger partial charge < -0.3 is 5.11 Å². The van der Waals surface area contributed by atoms with Crippen molar-refractivity contribution >= 4 is 0 Å². The topological polar surface area (TPSA) is 20.2 Å². The van der Waals surface area contributed by atoms with Crippen LogP contribution in [-0.2, 0) is 12.8 Å². The highest BCUT2D eigenvalue weighted by Gasteiger charge is 2.26. The van der Waals surface area contributed by atoms with Crippen molar-refractivity contribution in [1.82, 2.24) is 0 Å². The Hall–Kier alpha value is -1.60. The van der Waals surface area contributed by atoms with Gasteiger partial charge in [0.2, 0.25) is 0 Å². The monoisotopic (exact) mass is 280 g/mol. The van der Waals surface area contributed by atoms with Crippen LogP contribution in [0.5, 0.6) is 0 Å². The van der Waals surface area contributed by atoms with Crippen LogP contribution in [-0.4, -0.2) is 5.11 Å². The largest absolute Gasteiger partial charge is 0.388 e. The second kappa shape index (κ2) is 6.03. The second-order valence-corrected chi connectivity index (χ2v) is 6.37. The van der Waals surface area contributed by atoms with Crippen LogP contribution in [0.2, 0.25) is 0 Å². The molecule has 0 saturated heterocycles. The normalized spacial score (nSPS) is 21.7. The maximum absolute atomic E-state index is 10.8. The molecule has 0 amide bonds. The molecule has 2 aromatic rings. The maximum atomic E-state index is 10.8. The molecule has 110 valence electrons. The van der Waals surface area contributed by atoms with Crippen LogP contribution in [0.15, 0.2) is 42.5 Å². The fraction of sp³-hybridized carbons (Fsp3) is 0.400. The van der Waals surface area contributed by atoms with Crippen LogP contribution in [0, 0.1) is 19.8 Å². The highest BCUT2D eigenvalue weighted by Crippen LogP contribution is 2.36. The Kier molecular flexibility index (Phi) is 4.12. The summed E-state index contributed by atoms with van der Waals surface area (Å²) in [7, 11) is 0. The van der Waals surface area contributed by atoms with Gasteiger partial charge in [-0.2, -0.15) is 0 Å². The number of fused-ring (bicyclic) bond motifs is 1. The minimum Gasteiger partial charge on any atom is -0.388 e. The lowest BCUT2D eigenvalue weighted by Gasteiger charge is -2.23. The first kappa shape index (κ1) is 14.3. The molecular weight excluding hydrogens is 256 g/mol. The first-order valence-corrected chi connectivity index (χ1v) is 7.98. The summed E-state index contributed by atoms with van der Waals surface area (Å²) in [6.07, 6.45) is 4.01. The molecule has 0 spiro atoms. The van der Waals surface area contributed by atoms with Crippen molar-refractivity contribution in [1.29, 1.82) is 0 Å². The molecule has 2 aromatic carbocycles. The van der Waals surface area contributed by atoms with Crippen molar-refractivity contribution in [3.63, 3.8) is 0 Å². The Morgan fingerprint density at radius 2 is 1.71 bits per heavy atom. The summed E-state index contributed by atoms with van der Waals surface area (Å²) in [5.41, 5.74) is 6.58. The van der Waals surface area contributed by atoms with E-state index in [-0.39, 0.29) is 6.10 Å². The summed E-state index contributed by atoms with van der Waals surface area (Å²) in [6.45, 7) is 4.36. The average Bonchev–Trinajstić information content (AvgIpc) is 2.63. The SMILES string of the molecule is Cc1cccc(C)c1CC1CCCc2ccccc2C1O. The number of aliphatic hydroxyl groups is 1. The molecule has 2 unspecified atom stereocenters. The summed E-state index contributed by atoms with van der Waals surface area (Å²) in [6, 6.07) is 14.9. The zero-order valence-electron chi connectivity index (χ0n) is 13.0. The van der Waals surface area contributed by atoms with Crippen LogP contribution in [0.25, 0.3) is 0 Å². The second-order valence-electron chi connectivity index (χ2n) is 6.37. The van der Waals surface area contributed by atoms with Gasteiger partial charge >= 0.3 is 0 Å². The van der Waals surface area contributed by atoms with Gasteiger partial charge in [-0.1, -0.05) is 42.5 Å². The summed E-state index contributed by atoms with van der Waals surface area (Å²) in [5.74, 6) is 0.327. The molecule has 0 aromatic heterocycles. The van der Waals surface area contributed by atoms with Crippen LogP contribution < -0.4 is 0 Å². The third-order valence-electron chi connectivity index (χ3n) is 4.95. The molecule has 0 radical (unpaired) electrons. The van der Waals surface area contributed by atoms with Gasteiger partial charge in [0, 0.05) is 0 Å². The first-order chi connectivity index (χ1) is 10.2. The lowest BCUT2D eigenvalue weighted by molar-refractivity contribution is 0.105. The molecule has 1 heteroatoms. The summed E-state index contributed by atoms with van der Waals surface area (Å²) in [4.78, 5) is 0. The highest BCUT2D eigenvalue weighted by molar-refractivity contribution is 5.35. The van der Waals surface area contributed by atoms with E-state index in [0.717, 1.165) is 24.8 Å². The van der Waals surface area contributed by atoms with Crippen molar-refractivity contribution in [3.8, 4) is 0 Å². The summed E-state index contributed by atoms with van der Waals surface area (Å²) < 4.78 is 0. The summed E-state index contributed by atoms with van der Waals surface area (Å²) >= 11 is 0. The van der Waals surface area contributed by atoms with E-state index in [1.165, 1.54) is 28.7 Å². The molecule has 1 aliphatic rings. The van der Waals surface area contributed by atoms with E-state index in [0.29, 0.717) is 5.92 Å². The van der Waals surface area contributed by atoms with Crippen molar-refractivity contribution in [2.75, 3.05) is 0 Å². The average molecular weight is 280 g/mol. The van der Waals surface area contributed by atoms with Crippen LogP contribution in [0.1, 0.15) is 46.8 Å². The van der Waals surface area contributed by atoms with E-state index < -0.39 is 0 Å². The zero-order valence-corrected chi connectivity index (χ0v) is 13.0. The Balaban J connectivity index is 1.90. The lowest BCUT2D eigenvalue weighted by Crippen LogP contribution is -2.16. The molecule has 0 fully saturated rings. The van der Waals surface area contributed by atoms with E-state index in [2.05, 4.69) is 50.2 Å². The summed E-state index contributed by atoms with van der Waals surface area (Å²) in [5, 5.41) is 10.8. The Morgan fingerprint density at radius 3 is 2.48 bits per heavy atom. The number of aryl methyl sites for hydroxylation is 3. The van der Waals surface area contributed by atoms with Crippen molar-refractivity contribution in [2.24, 2.45) is 5.92 Å². The number of hydrogen-bond acceptors (Lipinski definition) is 1. The lowest BCUT2D eigenvalue weighted by atomic mass is 9.85. The van der Waals surface area contributed by atoms with Gasteiger partial charge in [-0.15, -0.1) is 0 Å². The van der Waals surface area contributed by atoms with Gasteiger partial charge in [0.05, 0.1) is 6.10 Å². The van der Waals surface area contributed by atoms with E-state index >= 15 is 0 Å². The zero-order chi connectivity index (χ0) is 14.8. The number of rotatable bonds is 2. The van der Waals surface area contributed by atoms with Gasteiger partial charge in [0.1, 0.15) is 0 Å². The molecule has 0 aliphatic heterocycles. The molecule has 21 heavy (non-hydrogen) atoms. The molecule has 1 N–H and O–H groups in total. The molecule has 3 rings (SSSR count). The van der Waals surface area contributed by atoms with Gasteiger partial charge in [0.15, 0.2) is 0 Å². The van der Waals surface area contributed by atoms with Crippen LogP contribution >= 0.6 is 0 Å². The van der Waals surface area contributed by atoms with E-state index in [9.17, 15) is 5.11 Å². The molecule has 0 saturated carbocycles. The third kappa shape index (κ3) is 2.89. The quantitative estimate of drug-likeness (QED) is 0.801. The smallest absolute Gasteiger partial charge is 0.0824 e. The maximum Gasteiger partial charge on any atom is 0.0824 e. The molecule has 2 atom stereocenters. The van der Waals surface area contributed by atoms with Crippen LogP contribution in [0.4, 0.5) is 0 Å². The van der Waals surface area contributed by atoms with Gasteiger partial charge in [-0.05, 0) is 73.3 Å². The van der Waals surface area contributed by atoms with Crippen molar-refractivity contribution in [2.45, 2.75) is 45.6 Å². The molecule has 0 heterocycles. The van der Waals surface area contributed by atoms with E-state index in [1.54, 1.807) is 0 Å². The van der Waals surface area contributed by atoms with Gasteiger partial charge in [-0.3, -0.25) is 0 Å². The first-order valence-electron chi connectivity index (χ1n) is 7.98. The number of benzene rings is 2. The predicted molar refractivity (Wildman–Crippen MR) is 87.4 cm³/mol. The number of aliphatic hydroxyl groups excluding tert-OH is 1. The minimum absolute atomic E-state index is 0.327. The van der Waals surface area contributed by atoms with Crippen molar-refractivity contribution < 1.29 is 5.11 Å². The predicted octanol–water partition coefficient (Wildman–Crippen LogP) is 4.53. The Morgan fingerprint density at radius 1 is 1.00 bits per heavy atom. The fourth-order valence-electron chi connectivity index (χ4n) is 3.66. The Labute approximate surface area is 127 Å². The molecule has 0 bridgehead atoms. The van der Waals surface area contributed by atoms with Gasteiger partial charge in [-0.25, -0.2) is 0 Å². The van der Waals surface area contributed by atoms with E-state index in [4.69, 9.17) is 0 Å². The molecule has 1 aliphatic carbocycles.